The van der Waals surface area contributed by atoms with Crippen LogP contribution >= 0.6 is 11.3 Å². The maximum atomic E-state index is 13.9. The molecule has 0 saturated carbocycles. The van der Waals surface area contributed by atoms with Crippen LogP contribution in [0.4, 0.5) is 0 Å². The number of nitrogens with zero attached hydrogens (tertiary/aromatic N) is 4. The third kappa shape index (κ3) is 3.61. The maximum Gasteiger partial charge on any atom is 0.275 e. The molecule has 0 atom stereocenters. The number of carbonyl (C=O) groups is 1. The van der Waals surface area contributed by atoms with Crippen molar-refractivity contribution < 1.29 is 19.0 Å². The molecule has 1 saturated heterocycles. The molecule has 2 aliphatic rings. The Labute approximate surface area is 213 Å². The van der Waals surface area contributed by atoms with E-state index in [9.17, 15) is 4.79 Å². The predicted molar refractivity (Wildman–Crippen MR) is 138 cm³/mol. The van der Waals surface area contributed by atoms with E-state index in [0.717, 1.165) is 39.4 Å². The topological polar surface area (TPSA) is 70.8 Å². The van der Waals surface area contributed by atoms with Gasteiger partial charge in [0.1, 0.15) is 18.1 Å². The molecule has 6 rings (SSSR count). The molecule has 0 bridgehead atoms. The molecule has 3 aromatic heterocycles. The van der Waals surface area contributed by atoms with Crippen molar-refractivity contribution in [2.75, 3.05) is 26.9 Å². The second-order valence-electron chi connectivity index (χ2n) is 9.79. The third-order valence-corrected chi connectivity index (χ3v) is 7.57. The van der Waals surface area contributed by atoms with Crippen LogP contribution in [0.1, 0.15) is 29.9 Å². The summed E-state index contributed by atoms with van der Waals surface area (Å²) >= 11 is 1.59. The Morgan fingerprint density at radius 2 is 2.08 bits per heavy atom. The van der Waals surface area contributed by atoms with Gasteiger partial charge in [-0.05, 0) is 37.4 Å². The van der Waals surface area contributed by atoms with Gasteiger partial charge in [-0.3, -0.25) is 4.79 Å². The number of thiophene rings is 1. The van der Waals surface area contributed by atoms with Gasteiger partial charge in [0.2, 0.25) is 0 Å². The quantitative estimate of drug-likeness (QED) is 0.401. The number of aromatic nitrogens is 3. The van der Waals surface area contributed by atoms with Crippen molar-refractivity contribution >= 4 is 17.2 Å². The van der Waals surface area contributed by atoms with E-state index in [2.05, 4.69) is 18.3 Å². The molecule has 0 unspecified atom stereocenters. The van der Waals surface area contributed by atoms with Crippen LogP contribution in [-0.2, 0) is 18.4 Å². The largest absolute Gasteiger partial charge is 0.496 e. The van der Waals surface area contributed by atoms with Gasteiger partial charge in [0.25, 0.3) is 5.91 Å². The summed E-state index contributed by atoms with van der Waals surface area (Å²) in [4.78, 5) is 15.8. The van der Waals surface area contributed by atoms with E-state index < -0.39 is 5.54 Å². The molecule has 0 N–H and O–H groups in total. The molecular weight excluding hydrogens is 476 g/mol. The second kappa shape index (κ2) is 8.53. The molecule has 9 heteroatoms. The van der Waals surface area contributed by atoms with Crippen LogP contribution in [-0.4, -0.2) is 57.6 Å². The summed E-state index contributed by atoms with van der Waals surface area (Å²) in [6, 6.07) is 8.08. The van der Waals surface area contributed by atoms with Crippen molar-refractivity contribution in [2.24, 2.45) is 7.05 Å². The van der Waals surface area contributed by atoms with Gasteiger partial charge in [-0.15, -0.1) is 0 Å². The molecule has 1 fully saturated rings. The number of morpholine rings is 1. The molecule has 4 aromatic rings. The van der Waals surface area contributed by atoms with Crippen LogP contribution < -0.4 is 9.47 Å². The van der Waals surface area contributed by atoms with E-state index in [1.807, 2.05) is 64.1 Å². The molecule has 5 heterocycles. The monoisotopic (exact) mass is 504 g/mol. The van der Waals surface area contributed by atoms with E-state index in [1.165, 1.54) is 0 Å². The van der Waals surface area contributed by atoms with Crippen LogP contribution in [0.25, 0.3) is 28.1 Å². The molecule has 0 spiro atoms. The van der Waals surface area contributed by atoms with Crippen molar-refractivity contribution in [1.29, 1.82) is 0 Å². The molecule has 0 aliphatic carbocycles. The summed E-state index contributed by atoms with van der Waals surface area (Å²) in [5.74, 6) is 1.34. The highest BCUT2D eigenvalue weighted by atomic mass is 32.1. The van der Waals surface area contributed by atoms with Crippen LogP contribution in [0, 0.1) is 0 Å². The number of hydrogen-bond donors (Lipinski definition) is 0. The number of hydrogen-bond acceptors (Lipinski definition) is 6. The Kier molecular flexibility index (Phi) is 5.42. The smallest absolute Gasteiger partial charge is 0.275 e. The van der Waals surface area contributed by atoms with E-state index in [4.69, 9.17) is 19.3 Å². The van der Waals surface area contributed by atoms with Crippen molar-refractivity contribution in [3.8, 4) is 39.6 Å². The zero-order chi connectivity index (χ0) is 25.0. The molecular formula is C27H28N4O4S. The maximum absolute atomic E-state index is 13.9. The Morgan fingerprint density at radius 3 is 2.78 bits per heavy atom. The fourth-order valence-electron chi connectivity index (χ4n) is 5.04. The Bertz CT molecular complexity index is 1450. The first-order valence-electron chi connectivity index (χ1n) is 11.9. The summed E-state index contributed by atoms with van der Waals surface area (Å²) in [7, 11) is 3.66. The Hall–Kier alpha value is -3.56. The highest BCUT2D eigenvalue weighted by molar-refractivity contribution is 7.08. The molecule has 1 aromatic carbocycles. The molecule has 0 radical (unpaired) electrons. The standard InChI is InChI=1S/C27H28N4O4S/c1-27(2)16-34-9-8-30(27)26(32)24-21-14-35-23-12-22(33-4)19(17-5-7-29(3)13-17)11-20(23)25(21)31(28-24)18-6-10-36-15-18/h5-7,10-13,15H,8-9,14,16H2,1-4H3. The minimum atomic E-state index is -0.421. The lowest BCUT2D eigenvalue weighted by Crippen LogP contribution is -2.55. The number of benzene rings is 1. The highest BCUT2D eigenvalue weighted by Gasteiger charge is 2.39. The fourth-order valence-corrected chi connectivity index (χ4v) is 5.65. The van der Waals surface area contributed by atoms with Crippen LogP contribution in [0.2, 0.25) is 0 Å². The van der Waals surface area contributed by atoms with E-state index in [0.29, 0.717) is 31.2 Å². The van der Waals surface area contributed by atoms with Crippen molar-refractivity contribution in [2.45, 2.75) is 26.0 Å². The average Bonchev–Trinajstić information content (AvgIpc) is 3.62. The second-order valence-corrected chi connectivity index (χ2v) is 10.6. The number of amides is 1. The summed E-state index contributed by atoms with van der Waals surface area (Å²) in [6.07, 6.45) is 4.06. The van der Waals surface area contributed by atoms with Gasteiger partial charge >= 0.3 is 0 Å². The van der Waals surface area contributed by atoms with E-state index in [-0.39, 0.29) is 12.5 Å². The number of methoxy groups -OCH3 is 1. The minimum absolute atomic E-state index is 0.0997. The minimum Gasteiger partial charge on any atom is -0.496 e. The lowest BCUT2D eigenvalue weighted by Gasteiger charge is -2.41. The lowest BCUT2D eigenvalue weighted by molar-refractivity contribution is -0.0374. The zero-order valence-electron chi connectivity index (χ0n) is 20.8. The molecule has 36 heavy (non-hydrogen) atoms. The van der Waals surface area contributed by atoms with Gasteiger partial charge in [-0.1, -0.05) is 0 Å². The zero-order valence-corrected chi connectivity index (χ0v) is 21.6. The molecule has 186 valence electrons. The molecule has 1 amide bonds. The van der Waals surface area contributed by atoms with E-state index in [1.54, 1.807) is 18.4 Å². The first-order chi connectivity index (χ1) is 17.4. The lowest BCUT2D eigenvalue weighted by atomic mass is 9.96. The summed E-state index contributed by atoms with van der Waals surface area (Å²) in [5.41, 5.74) is 5.47. The number of aryl methyl sites for hydroxylation is 1. The normalized spacial score (nSPS) is 16.3. The van der Waals surface area contributed by atoms with E-state index >= 15 is 0 Å². The third-order valence-electron chi connectivity index (χ3n) is 6.90. The average molecular weight is 505 g/mol. The number of carbonyl (C=O) groups excluding carboxylic acids is 1. The molecule has 2 aliphatic heterocycles. The summed E-state index contributed by atoms with van der Waals surface area (Å²) in [6.45, 7) is 5.84. The van der Waals surface area contributed by atoms with Crippen LogP contribution in [0.15, 0.2) is 47.4 Å². The van der Waals surface area contributed by atoms with Crippen LogP contribution in [0.3, 0.4) is 0 Å². The first-order valence-corrected chi connectivity index (χ1v) is 12.8. The SMILES string of the molecule is COc1cc2c(cc1-c1ccn(C)c1)-c1c(c(C(=O)N3CCOCC3(C)C)nn1-c1ccsc1)CO2. The Balaban J connectivity index is 1.55. The van der Waals surface area contributed by atoms with Gasteiger partial charge in [0.05, 0.1) is 37.2 Å². The van der Waals surface area contributed by atoms with Gasteiger partial charge in [-0.25, -0.2) is 4.68 Å². The molecule has 8 nitrogen and oxygen atoms in total. The highest BCUT2D eigenvalue weighted by Crippen LogP contribution is 2.46. The van der Waals surface area contributed by atoms with Gasteiger partial charge in [0, 0.05) is 59.7 Å². The van der Waals surface area contributed by atoms with Crippen molar-refractivity contribution in [1.82, 2.24) is 19.2 Å². The van der Waals surface area contributed by atoms with Gasteiger partial charge in [-0.2, -0.15) is 16.4 Å². The fraction of sp³-hybridized carbons (Fsp3) is 0.333. The number of rotatable bonds is 4. The van der Waals surface area contributed by atoms with Gasteiger partial charge < -0.3 is 23.7 Å². The number of ether oxygens (including phenoxy) is 3. The van der Waals surface area contributed by atoms with Crippen molar-refractivity contribution in [3.63, 3.8) is 0 Å². The van der Waals surface area contributed by atoms with Crippen molar-refractivity contribution in [3.05, 3.63) is 58.7 Å². The summed E-state index contributed by atoms with van der Waals surface area (Å²) < 4.78 is 21.5. The van der Waals surface area contributed by atoms with Gasteiger partial charge in [0.15, 0.2) is 5.69 Å². The Morgan fingerprint density at radius 1 is 1.22 bits per heavy atom. The first kappa shape index (κ1) is 22.9. The number of fused-ring (bicyclic) bond motifs is 3. The summed E-state index contributed by atoms with van der Waals surface area (Å²) in [5, 5.41) is 8.95. The predicted octanol–water partition coefficient (Wildman–Crippen LogP) is 4.76. The van der Waals surface area contributed by atoms with Crippen LogP contribution in [0.5, 0.6) is 11.5 Å².